The second-order valence-electron chi connectivity index (χ2n) is 6.50. The van der Waals surface area contributed by atoms with Crippen molar-refractivity contribution in [3.05, 3.63) is 77.7 Å². The largest absolute Gasteiger partial charge is 0.497 e. The maximum Gasteiger partial charge on any atom is 0.224 e. The first-order valence-corrected chi connectivity index (χ1v) is 9.38. The van der Waals surface area contributed by atoms with Crippen LogP contribution in [0.3, 0.4) is 0 Å². The first kappa shape index (κ1) is 20.5. The number of hydrogen-bond acceptors (Lipinski definition) is 5. The number of benzene rings is 2. The number of ether oxygens (including phenoxy) is 3. The van der Waals surface area contributed by atoms with Crippen LogP contribution in [0.2, 0.25) is 0 Å². The highest BCUT2D eigenvalue weighted by molar-refractivity contribution is 5.90. The molecule has 0 saturated heterocycles. The second-order valence-corrected chi connectivity index (χ2v) is 6.50. The fourth-order valence-electron chi connectivity index (χ4n) is 2.95. The number of methoxy groups -OCH3 is 2. The van der Waals surface area contributed by atoms with Gasteiger partial charge in [-0.15, -0.1) is 0 Å². The molecule has 1 heterocycles. The van der Waals surface area contributed by atoms with Crippen LogP contribution in [0.25, 0.3) is 0 Å². The quantitative estimate of drug-likeness (QED) is 0.544. The fourth-order valence-corrected chi connectivity index (χ4v) is 2.95. The molecule has 152 valence electrons. The van der Waals surface area contributed by atoms with Crippen molar-refractivity contribution in [3.8, 4) is 11.5 Å². The second kappa shape index (κ2) is 10.3. The number of amides is 1. The first-order valence-electron chi connectivity index (χ1n) is 9.38. The highest BCUT2D eigenvalue weighted by Crippen LogP contribution is 2.25. The third-order valence-corrected chi connectivity index (χ3v) is 4.41. The van der Waals surface area contributed by atoms with E-state index in [1.54, 1.807) is 20.5 Å². The summed E-state index contributed by atoms with van der Waals surface area (Å²) in [6, 6.07) is 16.9. The zero-order chi connectivity index (χ0) is 20.5. The van der Waals surface area contributed by atoms with Crippen molar-refractivity contribution in [3.63, 3.8) is 0 Å². The molecule has 6 heteroatoms. The standard InChI is InChI=1S/C23H25NO5/c1-26-20-9-10-22(27-2)18(14-20)8-11-23(25)24-19-6-3-5-17(13-19)15-28-16-21-7-4-12-29-21/h3-7,9-10,12-14H,8,11,15-16H2,1-2H3,(H,24,25). The molecule has 0 fully saturated rings. The molecule has 3 aromatic rings. The summed E-state index contributed by atoms with van der Waals surface area (Å²) in [5, 5.41) is 2.94. The fraction of sp³-hybridized carbons (Fsp3) is 0.261. The molecule has 1 N–H and O–H groups in total. The Morgan fingerprint density at radius 3 is 2.66 bits per heavy atom. The Balaban J connectivity index is 1.51. The molecular weight excluding hydrogens is 370 g/mol. The maximum atomic E-state index is 12.4. The van der Waals surface area contributed by atoms with Gasteiger partial charge in [-0.25, -0.2) is 0 Å². The summed E-state index contributed by atoms with van der Waals surface area (Å²) in [5.41, 5.74) is 2.65. The van der Waals surface area contributed by atoms with Gasteiger partial charge in [0.2, 0.25) is 5.91 Å². The van der Waals surface area contributed by atoms with Crippen molar-refractivity contribution in [2.24, 2.45) is 0 Å². The number of rotatable bonds is 10. The van der Waals surface area contributed by atoms with Gasteiger partial charge in [0.15, 0.2) is 0 Å². The Hall–Kier alpha value is -3.25. The molecule has 6 nitrogen and oxygen atoms in total. The van der Waals surface area contributed by atoms with E-state index in [1.807, 2.05) is 54.6 Å². The van der Waals surface area contributed by atoms with Gasteiger partial charge in [-0.05, 0) is 60.0 Å². The summed E-state index contributed by atoms with van der Waals surface area (Å²) in [4.78, 5) is 12.4. The molecule has 0 radical (unpaired) electrons. The Kier molecular flexibility index (Phi) is 7.30. The lowest BCUT2D eigenvalue weighted by Gasteiger charge is -2.11. The number of nitrogens with one attached hydrogen (secondary N) is 1. The molecule has 0 atom stereocenters. The number of furan rings is 1. The Morgan fingerprint density at radius 1 is 1.00 bits per heavy atom. The molecule has 0 spiro atoms. The van der Waals surface area contributed by atoms with E-state index in [0.717, 1.165) is 34.1 Å². The normalized spacial score (nSPS) is 10.6. The maximum absolute atomic E-state index is 12.4. The van der Waals surface area contributed by atoms with Gasteiger partial charge in [-0.2, -0.15) is 0 Å². The van der Waals surface area contributed by atoms with E-state index in [2.05, 4.69) is 5.32 Å². The van der Waals surface area contributed by atoms with Crippen LogP contribution in [-0.4, -0.2) is 20.1 Å². The predicted molar refractivity (Wildman–Crippen MR) is 110 cm³/mol. The van der Waals surface area contributed by atoms with E-state index >= 15 is 0 Å². The van der Waals surface area contributed by atoms with Crippen LogP contribution in [0, 0.1) is 0 Å². The van der Waals surface area contributed by atoms with Crippen LogP contribution in [0.1, 0.15) is 23.3 Å². The topological polar surface area (TPSA) is 69.9 Å². The number of anilines is 1. The van der Waals surface area contributed by atoms with Crippen LogP contribution >= 0.6 is 0 Å². The van der Waals surface area contributed by atoms with Gasteiger partial charge in [0, 0.05) is 12.1 Å². The lowest BCUT2D eigenvalue weighted by Crippen LogP contribution is -2.12. The molecule has 0 unspecified atom stereocenters. The molecular formula is C23H25NO5. The number of hydrogen-bond donors (Lipinski definition) is 1. The molecule has 29 heavy (non-hydrogen) atoms. The van der Waals surface area contributed by atoms with E-state index in [9.17, 15) is 4.79 Å². The minimum absolute atomic E-state index is 0.0662. The van der Waals surface area contributed by atoms with Crippen molar-refractivity contribution in [2.75, 3.05) is 19.5 Å². The summed E-state index contributed by atoms with van der Waals surface area (Å²) in [6.45, 7) is 0.845. The van der Waals surface area contributed by atoms with Crippen molar-refractivity contribution >= 4 is 11.6 Å². The number of carbonyl (C=O) groups excluding carboxylic acids is 1. The molecule has 0 bridgehead atoms. The molecule has 0 aliphatic carbocycles. The zero-order valence-electron chi connectivity index (χ0n) is 16.6. The Bertz CT molecular complexity index is 921. The van der Waals surface area contributed by atoms with Crippen molar-refractivity contribution in [1.82, 2.24) is 0 Å². The summed E-state index contributed by atoms with van der Waals surface area (Å²) >= 11 is 0. The monoisotopic (exact) mass is 395 g/mol. The Morgan fingerprint density at radius 2 is 1.90 bits per heavy atom. The van der Waals surface area contributed by atoms with Gasteiger partial charge >= 0.3 is 0 Å². The lowest BCUT2D eigenvalue weighted by molar-refractivity contribution is -0.116. The molecule has 3 rings (SSSR count). The van der Waals surface area contributed by atoms with Crippen LogP contribution in [0.5, 0.6) is 11.5 Å². The van der Waals surface area contributed by atoms with E-state index in [4.69, 9.17) is 18.6 Å². The van der Waals surface area contributed by atoms with Crippen molar-refractivity contribution < 1.29 is 23.4 Å². The van der Waals surface area contributed by atoms with E-state index in [-0.39, 0.29) is 5.91 Å². The van der Waals surface area contributed by atoms with Crippen LogP contribution in [0.4, 0.5) is 5.69 Å². The van der Waals surface area contributed by atoms with Gasteiger partial charge < -0.3 is 23.9 Å². The van der Waals surface area contributed by atoms with Crippen molar-refractivity contribution in [1.29, 1.82) is 0 Å². The molecule has 0 aliphatic heterocycles. The van der Waals surface area contributed by atoms with Crippen LogP contribution in [0.15, 0.2) is 65.3 Å². The highest BCUT2D eigenvalue weighted by Gasteiger charge is 2.09. The van der Waals surface area contributed by atoms with Gasteiger partial charge in [0.1, 0.15) is 23.9 Å². The summed E-state index contributed by atoms with van der Waals surface area (Å²) in [5.74, 6) is 2.20. The Labute approximate surface area is 170 Å². The van der Waals surface area contributed by atoms with Gasteiger partial charge in [0.25, 0.3) is 0 Å². The van der Waals surface area contributed by atoms with Crippen LogP contribution in [-0.2, 0) is 29.2 Å². The molecule has 0 aliphatic rings. The summed E-state index contributed by atoms with van der Waals surface area (Å²) < 4.78 is 21.5. The van der Waals surface area contributed by atoms with E-state index in [0.29, 0.717) is 26.1 Å². The lowest BCUT2D eigenvalue weighted by atomic mass is 10.1. The van der Waals surface area contributed by atoms with Gasteiger partial charge in [0.05, 0.1) is 27.1 Å². The minimum Gasteiger partial charge on any atom is -0.497 e. The smallest absolute Gasteiger partial charge is 0.224 e. The van der Waals surface area contributed by atoms with E-state index < -0.39 is 0 Å². The minimum atomic E-state index is -0.0662. The number of aryl methyl sites for hydroxylation is 1. The zero-order valence-corrected chi connectivity index (χ0v) is 16.6. The molecule has 0 saturated carbocycles. The SMILES string of the molecule is COc1ccc(OC)c(CCC(=O)Nc2cccc(COCc3ccco3)c2)c1. The third kappa shape index (κ3) is 6.12. The van der Waals surface area contributed by atoms with Crippen molar-refractivity contribution in [2.45, 2.75) is 26.1 Å². The summed E-state index contributed by atoms with van der Waals surface area (Å²) in [6.07, 6.45) is 2.51. The van der Waals surface area contributed by atoms with Crippen LogP contribution < -0.4 is 14.8 Å². The first-order chi connectivity index (χ1) is 14.2. The molecule has 2 aromatic carbocycles. The number of carbonyl (C=O) groups is 1. The van der Waals surface area contributed by atoms with E-state index in [1.165, 1.54) is 0 Å². The van der Waals surface area contributed by atoms with Gasteiger partial charge in [-0.1, -0.05) is 12.1 Å². The average Bonchev–Trinajstić information content (AvgIpc) is 3.26. The molecule has 1 aromatic heterocycles. The highest BCUT2D eigenvalue weighted by atomic mass is 16.5. The third-order valence-electron chi connectivity index (χ3n) is 4.41. The van der Waals surface area contributed by atoms with Gasteiger partial charge in [-0.3, -0.25) is 4.79 Å². The molecule has 1 amide bonds. The average molecular weight is 395 g/mol. The summed E-state index contributed by atoms with van der Waals surface area (Å²) in [7, 11) is 3.23. The predicted octanol–water partition coefficient (Wildman–Crippen LogP) is 4.58.